The molecular formula is C16H13FN2OS. The largest absolute Gasteiger partial charge is 0.302 e. The Balaban J connectivity index is 1.84. The molecule has 0 atom stereocenters. The van der Waals surface area contributed by atoms with Gasteiger partial charge in [-0.15, -0.1) is 0 Å². The fraction of sp³-hybridized carbons (Fsp3) is 0.125. The van der Waals surface area contributed by atoms with Gasteiger partial charge >= 0.3 is 5.24 Å². The van der Waals surface area contributed by atoms with E-state index in [2.05, 4.69) is 5.10 Å². The molecule has 0 aromatic heterocycles. The Kier molecular flexibility index (Phi) is 4.01. The van der Waals surface area contributed by atoms with E-state index in [1.807, 2.05) is 30.3 Å². The Morgan fingerprint density at radius 2 is 1.81 bits per heavy atom. The number of hydrogen-bond acceptors (Lipinski definition) is 3. The number of amides is 1. The second kappa shape index (κ2) is 6.10. The molecule has 0 bridgehead atoms. The van der Waals surface area contributed by atoms with Gasteiger partial charge in [0, 0.05) is 5.75 Å². The summed E-state index contributed by atoms with van der Waals surface area (Å²) in [5, 5.41) is 5.81. The van der Waals surface area contributed by atoms with E-state index >= 15 is 0 Å². The van der Waals surface area contributed by atoms with E-state index in [-0.39, 0.29) is 11.1 Å². The number of hydrazone groups is 1. The fourth-order valence-corrected chi connectivity index (χ4v) is 2.80. The van der Waals surface area contributed by atoms with Gasteiger partial charge in [-0.1, -0.05) is 54.2 Å². The second-order valence-corrected chi connectivity index (χ2v) is 5.58. The monoisotopic (exact) mass is 300 g/mol. The predicted molar refractivity (Wildman–Crippen MR) is 82.8 cm³/mol. The summed E-state index contributed by atoms with van der Waals surface area (Å²) < 4.78 is 13.0. The van der Waals surface area contributed by atoms with Crippen LogP contribution in [0.1, 0.15) is 11.1 Å². The first kappa shape index (κ1) is 13.8. The van der Waals surface area contributed by atoms with E-state index in [1.54, 1.807) is 12.1 Å². The zero-order valence-corrected chi connectivity index (χ0v) is 12.0. The lowest BCUT2D eigenvalue weighted by Gasteiger charge is -2.23. The molecule has 0 spiro atoms. The van der Waals surface area contributed by atoms with Crippen molar-refractivity contribution in [2.75, 3.05) is 5.75 Å². The van der Waals surface area contributed by atoms with Crippen LogP contribution in [0.3, 0.4) is 0 Å². The number of benzene rings is 2. The van der Waals surface area contributed by atoms with Crippen LogP contribution in [0.4, 0.5) is 9.18 Å². The van der Waals surface area contributed by atoms with E-state index in [4.69, 9.17) is 0 Å². The first-order valence-electron chi connectivity index (χ1n) is 6.54. The minimum atomic E-state index is -0.278. The lowest BCUT2D eigenvalue weighted by molar-refractivity contribution is 0.222. The molecule has 2 aromatic rings. The third-order valence-corrected chi connectivity index (χ3v) is 4.01. The van der Waals surface area contributed by atoms with Gasteiger partial charge in [0.15, 0.2) is 0 Å². The fourth-order valence-electron chi connectivity index (χ4n) is 2.06. The van der Waals surface area contributed by atoms with Crippen molar-refractivity contribution < 1.29 is 9.18 Å². The molecule has 21 heavy (non-hydrogen) atoms. The molecule has 0 saturated carbocycles. The van der Waals surface area contributed by atoms with Crippen molar-refractivity contribution in [3.05, 3.63) is 71.5 Å². The van der Waals surface area contributed by atoms with E-state index in [0.717, 1.165) is 16.8 Å². The summed E-state index contributed by atoms with van der Waals surface area (Å²) in [4.78, 5) is 12.0. The highest BCUT2D eigenvalue weighted by molar-refractivity contribution is 8.14. The molecule has 106 valence electrons. The molecule has 1 amide bonds. The highest BCUT2D eigenvalue weighted by Gasteiger charge is 2.22. The van der Waals surface area contributed by atoms with Crippen LogP contribution in [-0.4, -0.2) is 21.7 Å². The lowest BCUT2D eigenvalue weighted by Crippen LogP contribution is -2.29. The van der Waals surface area contributed by atoms with Gasteiger partial charge in [0.25, 0.3) is 0 Å². The van der Waals surface area contributed by atoms with Crippen LogP contribution in [-0.2, 0) is 6.54 Å². The Morgan fingerprint density at radius 1 is 1.10 bits per heavy atom. The molecule has 0 unspecified atom stereocenters. The maximum atomic E-state index is 13.0. The molecule has 1 aliphatic rings. The van der Waals surface area contributed by atoms with Gasteiger partial charge in [0.05, 0.1) is 12.3 Å². The molecule has 0 aliphatic carbocycles. The molecule has 1 aliphatic heterocycles. The van der Waals surface area contributed by atoms with Crippen molar-refractivity contribution >= 4 is 22.7 Å². The van der Waals surface area contributed by atoms with Gasteiger partial charge in [0.2, 0.25) is 0 Å². The summed E-state index contributed by atoms with van der Waals surface area (Å²) in [6, 6.07) is 15.9. The average Bonchev–Trinajstić information content (AvgIpc) is 2.51. The summed E-state index contributed by atoms with van der Waals surface area (Å²) in [6.45, 7) is 0.442. The van der Waals surface area contributed by atoms with Crippen molar-refractivity contribution in [3.8, 4) is 0 Å². The van der Waals surface area contributed by atoms with E-state index < -0.39 is 0 Å². The maximum absolute atomic E-state index is 13.0. The first-order chi connectivity index (χ1) is 10.2. The van der Waals surface area contributed by atoms with Gasteiger partial charge in [-0.25, -0.2) is 9.40 Å². The van der Waals surface area contributed by atoms with Crippen LogP contribution in [0.15, 0.2) is 59.7 Å². The molecular weight excluding hydrogens is 287 g/mol. The third-order valence-electron chi connectivity index (χ3n) is 3.14. The van der Waals surface area contributed by atoms with Crippen molar-refractivity contribution in [1.29, 1.82) is 0 Å². The van der Waals surface area contributed by atoms with E-state index in [0.29, 0.717) is 12.3 Å². The molecule has 3 rings (SSSR count). The summed E-state index contributed by atoms with van der Waals surface area (Å²) in [7, 11) is 0. The molecule has 2 aromatic carbocycles. The van der Waals surface area contributed by atoms with Gasteiger partial charge in [-0.05, 0) is 23.3 Å². The Labute approximate surface area is 126 Å². The normalized spacial score (nSPS) is 15.0. The first-order valence-corrected chi connectivity index (χ1v) is 7.52. The summed E-state index contributed by atoms with van der Waals surface area (Å²) in [5.41, 5.74) is 2.65. The number of thioether (sulfide) groups is 1. The van der Waals surface area contributed by atoms with E-state index in [9.17, 15) is 9.18 Å². The minimum absolute atomic E-state index is 0.0651. The summed E-state index contributed by atoms with van der Waals surface area (Å²) in [5.74, 6) is 0.232. The highest BCUT2D eigenvalue weighted by atomic mass is 32.2. The van der Waals surface area contributed by atoms with Crippen LogP contribution in [0.2, 0.25) is 0 Å². The smallest absolute Gasteiger partial charge is 0.260 e. The minimum Gasteiger partial charge on any atom is -0.260 e. The van der Waals surface area contributed by atoms with Crippen LogP contribution >= 0.6 is 11.8 Å². The number of carbonyl (C=O) groups excluding carboxylic acids is 1. The molecule has 0 fully saturated rings. The number of hydrogen-bond donors (Lipinski definition) is 0. The maximum Gasteiger partial charge on any atom is 0.302 e. The van der Waals surface area contributed by atoms with Gasteiger partial charge in [0.1, 0.15) is 5.82 Å². The van der Waals surface area contributed by atoms with E-state index in [1.165, 1.54) is 28.9 Å². The zero-order valence-electron chi connectivity index (χ0n) is 11.2. The molecule has 1 heterocycles. The Bertz CT molecular complexity index is 670. The number of carbonyl (C=O) groups is 1. The molecule has 0 radical (unpaired) electrons. The third kappa shape index (κ3) is 3.31. The topological polar surface area (TPSA) is 32.7 Å². The Hall–Kier alpha value is -2.14. The van der Waals surface area contributed by atoms with Gasteiger partial charge in [-0.3, -0.25) is 4.79 Å². The van der Waals surface area contributed by atoms with Crippen molar-refractivity contribution in [2.24, 2.45) is 5.10 Å². The molecule has 5 heteroatoms. The van der Waals surface area contributed by atoms with Crippen LogP contribution in [0.5, 0.6) is 0 Å². The molecule has 3 nitrogen and oxygen atoms in total. The Morgan fingerprint density at radius 3 is 2.52 bits per heavy atom. The van der Waals surface area contributed by atoms with Gasteiger partial charge < -0.3 is 0 Å². The van der Waals surface area contributed by atoms with Crippen LogP contribution < -0.4 is 0 Å². The quantitative estimate of drug-likeness (QED) is 0.861. The second-order valence-electron chi connectivity index (χ2n) is 4.65. The summed E-state index contributed by atoms with van der Waals surface area (Å²) >= 11 is 1.22. The summed E-state index contributed by atoms with van der Waals surface area (Å²) in [6.07, 6.45) is 0. The van der Waals surface area contributed by atoms with Crippen molar-refractivity contribution in [3.63, 3.8) is 0 Å². The number of nitrogens with zero attached hydrogens (tertiary/aromatic N) is 2. The number of halogens is 1. The molecule has 0 N–H and O–H groups in total. The predicted octanol–water partition coefficient (Wildman–Crippen LogP) is 3.90. The van der Waals surface area contributed by atoms with Crippen LogP contribution in [0, 0.1) is 5.82 Å². The highest BCUT2D eigenvalue weighted by Crippen LogP contribution is 2.21. The van der Waals surface area contributed by atoms with Gasteiger partial charge in [-0.2, -0.15) is 5.10 Å². The van der Waals surface area contributed by atoms with Crippen molar-refractivity contribution in [1.82, 2.24) is 5.01 Å². The SMILES string of the molecule is O=C1SCC(c2ccc(F)cc2)=NN1Cc1ccccc1. The number of rotatable bonds is 3. The average molecular weight is 300 g/mol. The molecule has 0 saturated heterocycles. The standard InChI is InChI=1S/C16H13FN2OS/c17-14-8-6-13(7-9-14)15-11-21-16(20)19(18-15)10-12-4-2-1-3-5-12/h1-9H,10-11H2. The van der Waals surface area contributed by atoms with Crippen LogP contribution in [0.25, 0.3) is 0 Å². The zero-order chi connectivity index (χ0) is 14.7. The van der Waals surface area contributed by atoms with Crippen molar-refractivity contribution in [2.45, 2.75) is 6.54 Å². The lowest BCUT2D eigenvalue weighted by atomic mass is 10.1.